The molecule has 0 spiro atoms. The summed E-state index contributed by atoms with van der Waals surface area (Å²) in [5, 5.41) is 5.55. The Bertz CT molecular complexity index is 1550. The summed E-state index contributed by atoms with van der Waals surface area (Å²) in [5.74, 6) is 1.12. The predicted octanol–water partition coefficient (Wildman–Crippen LogP) is 4.90. The predicted molar refractivity (Wildman–Crippen MR) is 145 cm³/mol. The maximum Gasteiger partial charge on any atom is 0.253 e. The van der Waals surface area contributed by atoms with Gasteiger partial charge in [-0.3, -0.25) is 4.79 Å². The van der Waals surface area contributed by atoms with E-state index in [1.165, 1.54) is 12.1 Å². The second-order valence-electron chi connectivity index (χ2n) is 9.39. The van der Waals surface area contributed by atoms with Crippen LogP contribution in [0.1, 0.15) is 28.2 Å². The van der Waals surface area contributed by atoms with Crippen LogP contribution < -0.4 is 4.90 Å². The van der Waals surface area contributed by atoms with Crippen LogP contribution in [0.2, 0.25) is 0 Å². The van der Waals surface area contributed by atoms with Crippen molar-refractivity contribution in [2.45, 2.75) is 12.8 Å². The van der Waals surface area contributed by atoms with Gasteiger partial charge in [0.05, 0.1) is 17.3 Å². The molecule has 8 heteroatoms. The molecule has 2 aromatic heterocycles. The normalized spacial score (nSPS) is 14.0. The molecule has 3 heterocycles. The number of amides is 1. The zero-order valence-corrected chi connectivity index (χ0v) is 20.9. The van der Waals surface area contributed by atoms with Crippen LogP contribution in [0.25, 0.3) is 16.7 Å². The molecule has 0 atom stereocenters. The monoisotopic (exact) mass is 506 g/mol. The van der Waals surface area contributed by atoms with E-state index in [1.54, 1.807) is 12.1 Å². The Morgan fingerprint density at radius 2 is 1.55 bits per heavy atom. The summed E-state index contributed by atoms with van der Waals surface area (Å²) in [6.07, 6.45) is 3.22. The van der Waals surface area contributed by atoms with E-state index in [2.05, 4.69) is 22.1 Å². The van der Waals surface area contributed by atoms with Gasteiger partial charge >= 0.3 is 0 Å². The van der Waals surface area contributed by atoms with E-state index in [1.807, 2.05) is 64.3 Å². The Morgan fingerprint density at radius 3 is 2.32 bits per heavy atom. The van der Waals surface area contributed by atoms with Crippen LogP contribution in [-0.2, 0) is 6.42 Å². The highest BCUT2D eigenvalue weighted by Crippen LogP contribution is 2.27. The third-order valence-corrected chi connectivity index (χ3v) is 6.83. The van der Waals surface area contributed by atoms with Crippen molar-refractivity contribution >= 4 is 22.8 Å². The molecule has 0 bridgehead atoms. The summed E-state index contributed by atoms with van der Waals surface area (Å²) < 4.78 is 15.2. The van der Waals surface area contributed by atoms with E-state index in [9.17, 15) is 9.18 Å². The third-order valence-electron chi connectivity index (χ3n) is 6.83. The van der Waals surface area contributed by atoms with Crippen LogP contribution in [0.15, 0.2) is 91.1 Å². The van der Waals surface area contributed by atoms with Crippen molar-refractivity contribution < 1.29 is 9.18 Å². The van der Waals surface area contributed by atoms with E-state index in [4.69, 9.17) is 9.97 Å². The molecule has 0 aliphatic carbocycles. The Hall–Kier alpha value is -4.59. The molecule has 38 heavy (non-hydrogen) atoms. The number of hydrogen-bond acceptors (Lipinski definition) is 5. The first-order valence-corrected chi connectivity index (χ1v) is 12.8. The molecule has 3 aromatic carbocycles. The second-order valence-corrected chi connectivity index (χ2v) is 9.39. The van der Waals surface area contributed by atoms with Gasteiger partial charge in [0, 0.05) is 38.2 Å². The van der Waals surface area contributed by atoms with Crippen molar-refractivity contribution in [3.05, 3.63) is 114 Å². The molecule has 1 amide bonds. The lowest BCUT2D eigenvalue weighted by atomic mass is 10.1. The average Bonchev–Trinajstić information content (AvgIpc) is 3.22. The molecule has 0 unspecified atom stereocenters. The Labute approximate surface area is 220 Å². The van der Waals surface area contributed by atoms with Crippen LogP contribution in [0.4, 0.5) is 10.2 Å². The molecule has 1 saturated heterocycles. The fourth-order valence-corrected chi connectivity index (χ4v) is 4.90. The minimum Gasteiger partial charge on any atom is -0.354 e. The van der Waals surface area contributed by atoms with Crippen molar-refractivity contribution in [2.75, 3.05) is 31.1 Å². The van der Waals surface area contributed by atoms with Gasteiger partial charge in [-0.05, 0) is 48.4 Å². The maximum absolute atomic E-state index is 13.4. The number of fused-ring (bicyclic) bond motifs is 1. The molecule has 190 valence electrons. The third kappa shape index (κ3) is 4.85. The van der Waals surface area contributed by atoms with Crippen molar-refractivity contribution in [3.8, 4) is 5.69 Å². The van der Waals surface area contributed by atoms with Gasteiger partial charge in [-0.1, -0.05) is 48.5 Å². The van der Waals surface area contributed by atoms with E-state index in [0.717, 1.165) is 46.9 Å². The number of carbonyl (C=O) groups is 1. The fourth-order valence-electron chi connectivity index (χ4n) is 4.90. The molecule has 0 N–H and O–H groups in total. The highest BCUT2D eigenvalue weighted by atomic mass is 19.1. The van der Waals surface area contributed by atoms with Crippen molar-refractivity contribution in [1.82, 2.24) is 24.6 Å². The average molecular weight is 507 g/mol. The molecular formula is C30H27FN6O. The number of halogens is 1. The highest BCUT2D eigenvalue weighted by Gasteiger charge is 2.24. The minimum absolute atomic E-state index is 0.0821. The number of rotatable bonds is 5. The van der Waals surface area contributed by atoms with E-state index in [0.29, 0.717) is 31.6 Å². The lowest BCUT2D eigenvalue weighted by Gasteiger charge is -2.24. The molecule has 7 nitrogen and oxygen atoms in total. The summed E-state index contributed by atoms with van der Waals surface area (Å²) >= 11 is 0. The van der Waals surface area contributed by atoms with E-state index >= 15 is 0 Å². The minimum atomic E-state index is -0.348. The number of hydrogen-bond donors (Lipinski definition) is 0. The first kappa shape index (κ1) is 23.8. The summed E-state index contributed by atoms with van der Waals surface area (Å²) in [7, 11) is 0. The topological polar surface area (TPSA) is 67.2 Å². The Kier molecular flexibility index (Phi) is 6.52. The zero-order chi connectivity index (χ0) is 25.9. The highest BCUT2D eigenvalue weighted by molar-refractivity contribution is 5.94. The number of aromatic nitrogens is 4. The van der Waals surface area contributed by atoms with Crippen LogP contribution in [0.3, 0.4) is 0 Å². The van der Waals surface area contributed by atoms with Crippen LogP contribution in [0, 0.1) is 5.82 Å². The largest absolute Gasteiger partial charge is 0.354 e. The molecule has 1 fully saturated rings. The lowest BCUT2D eigenvalue weighted by Crippen LogP contribution is -2.35. The van der Waals surface area contributed by atoms with Gasteiger partial charge < -0.3 is 9.80 Å². The Morgan fingerprint density at radius 1 is 0.816 bits per heavy atom. The molecule has 6 rings (SSSR count). The quantitative estimate of drug-likeness (QED) is 0.339. The summed E-state index contributed by atoms with van der Waals surface area (Å²) in [5.41, 5.74) is 3.33. The number of para-hydroxylation sites is 1. The van der Waals surface area contributed by atoms with Gasteiger partial charge in [0.1, 0.15) is 17.5 Å². The van der Waals surface area contributed by atoms with Crippen LogP contribution in [-0.4, -0.2) is 56.7 Å². The summed E-state index contributed by atoms with van der Waals surface area (Å²) in [6.45, 7) is 2.55. The van der Waals surface area contributed by atoms with Crippen molar-refractivity contribution in [3.63, 3.8) is 0 Å². The van der Waals surface area contributed by atoms with Crippen molar-refractivity contribution in [2.24, 2.45) is 0 Å². The first-order valence-electron chi connectivity index (χ1n) is 12.8. The number of nitrogens with zero attached hydrogens (tertiary/aromatic N) is 6. The van der Waals surface area contributed by atoms with Crippen LogP contribution in [0.5, 0.6) is 0 Å². The molecule has 1 aliphatic rings. The maximum atomic E-state index is 13.4. The smallest absolute Gasteiger partial charge is 0.253 e. The zero-order valence-electron chi connectivity index (χ0n) is 20.9. The second kappa shape index (κ2) is 10.4. The SMILES string of the molecule is O=C(c1ccc(F)cc1)N1CCCN(c2nc(Cc3ccccc3)nc3c2cnn3-c2ccccc2)CC1. The molecule has 0 radical (unpaired) electrons. The number of anilines is 1. The first-order chi connectivity index (χ1) is 18.7. The molecule has 0 saturated carbocycles. The van der Waals surface area contributed by atoms with Gasteiger partial charge in [-0.15, -0.1) is 0 Å². The molecule has 5 aromatic rings. The van der Waals surface area contributed by atoms with Gasteiger partial charge in [0.15, 0.2) is 5.65 Å². The summed E-state index contributed by atoms with van der Waals surface area (Å²) in [4.78, 5) is 27.1. The van der Waals surface area contributed by atoms with Crippen LogP contribution >= 0.6 is 0 Å². The molecule has 1 aliphatic heterocycles. The molecular weight excluding hydrogens is 479 g/mol. The fraction of sp³-hybridized carbons (Fsp3) is 0.200. The Balaban J connectivity index is 1.34. The van der Waals surface area contributed by atoms with Gasteiger partial charge in [-0.2, -0.15) is 5.10 Å². The van der Waals surface area contributed by atoms with E-state index in [-0.39, 0.29) is 11.7 Å². The number of carbonyl (C=O) groups excluding carboxylic acids is 1. The lowest BCUT2D eigenvalue weighted by molar-refractivity contribution is 0.0767. The van der Waals surface area contributed by atoms with Gasteiger partial charge in [-0.25, -0.2) is 19.0 Å². The summed E-state index contributed by atoms with van der Waals surface area (Å²) in [6, 6.07) is 25.9. The standard InChI is InChI=1S/C30H27FN6O/c31-24-14-12-23(13-15-24)30(38)36-17-7-16-35(18-19-36)28-26-21-32-37(25-10-5-2-6-11-25)29(26)34-27(33-28)20-22-8-3-1-4-9-22/h1-6,8-15,21H,7,16-20H2. The van der Waals surface area contributed by atoms with Gasteiger partial charge in [0.2, 0.25) is 0 Å². The van der Waals surface area contributed by atoms with Crippen molar-refractivity contribution in [1.29, 1.82) is 0 Å². The van der Waals surface area contributed by atoms with Gasteiger partial charge in [0.25, 0.3) is 5.91 Å². The van der Waals surface area contributed by atoms with E-state index < -0.39 is 0 Å². The number of benzene rings is 3.